The van der Waals surface area contributed by atoms with Crippen LogP contribution in [0, 0.1) is 0 Å². The van der Waals surface area contributed by atoms with E-state index in [-0.39, 0.29) is 24.4 Å². The molecule has 0 atom stereocenters. The predicted molar refractivity (Wildman–Crippen MR) is 93.3 cm³/mol. The molecule has 5 heteroatoms. The van der Waals surface area contributed by atoms with E-state index in [0.717, 1.165) is 6.42 Å². The van der Waals surface area contributed by atoms with Crippen molar-refractivity contribution in [3.63, 3.8) is 0 Å². The monoisotopic (exact) mass is 331 g/mol. The molecular formula is C18H18ClNO3. The van der Waals surface area contributed by atoms with Crippen LogP contribution in [0.2, 0.25) is 0 Å². The van der Waals surface area contributed by atoms with Crippen molar-refractivity contribution in [1.82, 2.24) is 0 Å². The van der Waals surface area contributed by atoms with Gasteiger partial charge in [0, 0.05) is 12.5 Å². The predicted octanol–water partition coefficient (Wildman–Crippen LogP) is 3.30. The molecule has 3 aromatic rings. The zero-order chi connectivity index (χ0) is 15.4. The lowest BCUT2D eigenvalue weighted by atomic mass is 10.2. The van der Waals surface area contributed by atoms with Gasteiger partial charge in [-0.25, -0.2) is 0 Å². The molecule has 2 aromatic carbocycles. The van der Waals surface area contributed by atoms with Gasteiger partial charge in [-0.05, 0) is 17.7 Å². The fourth-order valence-electron chi connectivity index (χ4n) is 2.34. The first kappa shape index (κ1) is 17.1. The minimum Gasteiger partial charge on any atom is -0.489 e. The second kappa shape index (κ2) is 7.81. The topological polar surface area (TPSA) is 65.5 Å². The normalized spacial score (nSPS) is 10.3. The molecule has 0 fully saturated rings. The lowest BCUT2D eigenvalue weighted by molar-refractivity contribution is 0.319. The van der Waals surface area contributed by atoms with Crippen molar-refractivity contribution in [3.05, 3.63) is 76.1 Å². The van der Waals surface area contributed by atoms with Crippen molar-refractivity contribution < 1.29 is 9.15 Å². The third-order valence-corrected chi connectivity index (χ3v) is 3.46. The quantitative estimate of drug-likeness (QED) is 0.779. The van der Waals surface area contributed by atoms with Crippen molar-refractivity contribution in [2.45, 2.75) is 13.0 Å². The minimum atomic E-state index is -0.102. The molecule has 0 aliphatic carbocycles. The summed E-state index contributed by atoms with van der Waals surface area (Å²) in [5.74, 6) is 1.03. The maximum absolute atomic E-state index is 12.0. The largest absolute Gasteiger partial charge is 0.489 e. The van der Waals surface area contributed by atoms with Crippen molar-refractivity contribution in [2.75, 3.05) is 6.61 Å². The number of hydrogen-bond acceptors (Lipinski definition) is 4. The van der Waals surface area contributed by atoms with Gasteiger partial charge in [-0.3, -0.25) is 4.79 Å². The van der Waals surface area contributed by atoms with Gasteiger partial charge >= 0.3 is 0 Å². The summed E-state index contributed by atoms with van der Waals surface area (Å²) in [6, 6.07) is 16.8. The number of benzene rings is 2. The Labute approximate surface area is 140 Å². The van der Waals surface area contributed by atoms with Crippen LogP contribution in [0.4, 0.5) is 0 Å². The molecule has 2 N–H and O–H groups in total. The summed E-state index contributed by atoms with van der Waals surface area (Å²) >= 11 is 0. The molecule has 0 radical (unpaired) electrons. The third kappa shape index (κ3) is 3.92. The van der Waals surface area contributed by atoms with Crippen LogP contribution in [0.25, 0.3) is 11.0 Å². The highest BCUT2D eigenvalue weighted by Crippen LogP contribution is 2.24. The van der Waals surface area contributed by atoms with Crippen LogP contribution in [-0.4, -0.2) is 6.61 Å². The van der Waals surface area contributed by atoms with Gasteiger partial charge in [0.15, 0.2) is 16.8 Å². The van der Waals surface area contributed by atoms with Gasteiger partial charge in [0.05, 0.1) is 18.5 Å². The summed E-state index contributed by atoms with van der Waals surface area (Å²) in [5, 5.41) is 0.509. The van der Waals surface area contributed by atoms with E-state index in [9.17, 15) is 4.79 Å². The molecule has 120 valence electrons. The van der Waals surface area contributed by atoms with Crippen molar-refractivity contribution in [3.8, 4) is 5.75 Å². The number of ether oxygens (including phenoxy) is 1. The maximum atomic E-state index is 12.0. The molecule has 0 spiro atoms. The summed E-state index contributed by atoms with van der Waals surface area (Å²) in [5.41, 5.74) is 7.12. The summed E-state index contributed by atoms with van der Waals surface area (Å²) in [4.78, 5) is 12.0. The SMILES string of the molecule is Cl.NCc1cc(=O)c2cccc(OCCc3ccccc3)c2o1. The summed E-state index contributed by atoms with van der Waals surface area (Å²) < 4.78 is 11.5. The fraction of sp³-hybridized carbons (Fsp3) is 0.167. The Morgan fingerprint density at radius 3 is 2.57 bits per heavy atom. The fourth-order valence-corrected chi connectivity index (χ4v) is 2.34. The zero-order valence-corrected chi connectivity index (χ0v) is 13.3. The van der Waals surface area contributed by atoms with Crippen LogP contribution in [0.1, 0.15) is 11.3 Å². The van der Waals surface area contributed by atoms with E-state index >= 15 is 0 Å². The summed E-state index contributed by atoms with van der Waals surface area (Å²) in [6.45, 7) is 0.698. The van der Waals surface area contributed by atoms with Crippen molar-refractivity contribution in [1.29, 1.82) is 0 Å². The second-order valence-corrected chi connectivity index (χ2v) is 5.00. The van der Waals surface area contributed by atoms with Crippen LogP contribution in [0.15, 0.2) is 63.8 Å². The molecule has 23 heavy (non-hydrogen) atoms. The number of para-hydroxylation sites is 1. The van der Waals surface area contributed by atoms with Gasteiger partial charge in [-0.1, -0.05) is 36.4 Å². The van der Waals surface area contributed by atoms with Crippen LogP contribution >= 0.6 is 12.4 Å². The third-order valence-electron chi connectivity index (χ3n) is 3.46. The zero-order valence-electron chi connectivity index (χ0n) is 12.5. The first-order valence-corrected chi connectivity index (χ1v) is 7.20. The summed E-state index contributed by atoms with van der Waals surface area (Å²) in [6.07, 6.45) is 0.790. The highest BCUT2D eigenvalue weighted by atomic mass is 35.5. The molecule has 4 nitrogen and oxygen atoms in total. The van der Waals surface area contributed by atoms with Gasteiger partial charge in [0.2, 0.25) is 0 Å². The second-order valence-electron chi connectivity index (χ2n) is 5.00. The average molecular weight is 332 g/mol. The van der Waals surface area contributed by atoms with E-state index in [4.69, 9.17) is 14.9 Å². The van der Waals surface area contributed by atoms with E-state index in [2.05, 4.69) is 12.1 Å². The number of hydrogen-bond donors (Lipinski definition) is 1. The first-order chi connectivity index (χ1) is 10.8. The molecule has 3 rings (SSSR count). The molecule has 1 heterocycles. The van der Waals surface area contributed by atoms with E-state index in [0.29, 0.717) is 29.1 Å². The van der Waals surface area contributed by atoms with E-state index in [1.807, 2.05) is 18.2 Å². The Morgan fingerprint density at radius 2 is 1.83 bits per heavy atom. The maximum Gasteiger partial charge on any atom is 0.193 e. The first-order valence-electron chi connectivity index (χ1n) is 7.20. The number of nitrogens with two attached hydrogens (primary N) is 1. The van der Waals surface area contributed by atoms with E-state index < -0.39 is 0 Å². The highest BCUT2D eigenvalue weighted by molar-refractivity contribution is 5.85. The van der Waals surface area contributed by atoms with Gasteiger partial charge in [-0.15, -0.1) is 12.4 Å². The van der Waals surface area contributed by atoms with E-state index in [1.165, 1.54) is 11.6 Å². The smallest absolute Gasteiger partial charge is 0.193 e. The molecule has 0 amide bonds. The highest BCUT2D eigenvalue weighted by Gasteiger charge is 2.09. The van der Waals surface area contributed by atoms with Crippen LogP contribution < -0.4 is 15.9 Å². The van der Waals surface area contributed by atoms with Gasteiger partial charge < -0.3 is 14.9 Å². The van der Waals surface area contributed by atoms with E-state index in [1.54, 1.807) is 18.2 Å². The molecule has 0 aliphatic rings. The summed E-state index contributed by atoms with van der Waals surface area (Å²) in [7, 11) is 0. The van der Waals surface area contributed by atoms with Crippen LogP contribution in [-0.2, 0) is 13.0 Å². The molecule has 0 saturated heterocycles. The minimum absolute atomic E-state index is 0. The van der Waals surface area contributed by atoms with Crippen molar-refractivity contribution in [2.24, 2.45) is 5.73 Å². The Hall–Kier alpha value is -2.30. The Kier molecular flexibility index (Phi) is 5.79. The molecule has 0 saturated carbocycles. The molecular weight excluding hydrogens is 314 g/mol. The molecule has 1 aromatic heterocycles. The number of fused-ring (bicyclic) bond motifs is 1. The number of halogens is 1. The van der Waals surface area contributed by atoms with Gasteiger partial charge in [0.1, 0.15) is 5.76 Å². The standard InChI is InChI=1S/C18H17NO3.ClH/c19-12-14-11-16(20)15-7-4-8-17(18(15)22-14)21-10-9-13-5-2-1-3-6-13;/h1-8,11H,9-10,12,19H2;1H. The lowest BCUT2D eigenvalue weighted by Gasteiger charge is -2.09. The number of rotatable bonds is 5. The van der Waals surface area contributed by atoms with Crippen LogP contribution in [0.5, 0.6) is 5.75 Å². The van der Waals surface area contributed by atoms with Crippen molar-refractivity contribution >= 4 is 23.4 Å². The lowest BCUT2D eigenvalue weighted by Crippen LogP contribution is -2.07. The van der Waals surface area contributed by atoms with Crippen LogP contribution in [0.3, 0.4) is 0 Å². The Bertz CT molecular complexity index is 831. The molecule has 0 unspecified atom stereocenters. The van der Waals surface area contributed by atoms with Gasteiger partial charge in [-0.2, -0.15) is 0 Å². The Balaban J connectivity index is 0.00000192. The van der Waals surface area contributed by atoms with Gasteiger partial charge in [0.25, 0.3) is 0 Å². The Morgan fingerprint density at radius 1 is 1.04 bits per heavy atom. The molecule has 0 bridgehead atoms. The molecule has 0 aliphatic heterocycles. The average Bonchev–Trinajstić information content (AvgIpc) is 2.56.